The van der Waals surface area contributed by atoms with E-state index in [1.807, 2.05) is 43.0 Å². The first-order valence-electron chi connectivity index (χ1n) is 20.9. The third kappa shape index (κ3) is 9.16. The summed E-state index contributed by atoms with van der Waals surface area (Å²) in [4.78, 5) is 63.1. The molecule has 2 aromatic carbocycles. The van der Waals surface area contributed by atoms with Crippen molar-refractivity contribution < 1.29 is 41.8 Å². The number of piperazine rings is 1. The Labute approximate surface area is 353 Å². The zero-order chi connectivity index (χ0) is 42.9. The van der Waals surface area contributed by atoms with E-state index in [1.54, 1.807) is 41.3 Å². The van der Waals surface area contributed by atoms with Crippen molar-refractivity contribution in [2.75, 3.05) is 49.5 Å². The van der Waals surface area contributed by atoms with E-state index in [0.29, 0.717) is 104 Å². The van der Waals surface area contributed by atoms with Gasteiger partial charge >= 0.3 is 6.29 Å². The second-order valence-corrected chi connectivity index (χ2v) is 16.4. The van der Waals surface area contributed by atoms with E-state index in [2.05, 4.69) is 31.6 Å². The number of piperidine rings is 1. The van der Waals surface area contributed by atoms with Gasteiger partial charge in [-0.05, 0) is 99.4 Å². The van der Waals surface area contributed by atoms with E-state index in [-0.39, 0.29) is 41.2 Å². The Hall–Kier alpha value is -6.09. The van der Waals surface area contributed by atoms with Gasteiger partial charge in [0, 0.05) is 68.8 Å². The highest BCUT2D eigenvalue weighted by molar-refractivity contribution is 6.01. The Kier molecular flexibility index (Phi) is 11.7. The van der Waals surface area contributed by atoms with Crippen LogP contribution < -0.4 is 25.0 Å². The van der Waals surface area contributed by atoms with E-state index in [9.17, 15) is 28.0 Å². The van der Waals surface area contributed by atoms with Gasteiger partial charge in [-0.1, -0.05) is 30.3 Å². The summed E-state index contributed by atoms with van der Waals surface area (Å²) < 4.78 is 42.3. The minimum Gasteiger partial charge on any atom is -0.445 e. The number of fused-ring (bicyclic) bond motifs is 1. The molecular weight excluding hydrogens is 787 g/mol. The van der Waals surface area contributed by atoms with Crippen LogP contribution in [0.2, 0.25) is 0 Å². The molecule has 2 aromatic heterocycles. The Morgan fingerprint density at radius 3 is 2.52 bits per heavy atom. The summed E-state index contributed by atoms with van der Waals surface area (Å²) >= 11 is 0. The molecule has 4 amide bonds. The summed E-state index contributed by atoms with van der Waals surface area (Å²) in [6.07, 6.45) is 2.47. The molecule has 2 N–H and O–H groups in total. The fourth-order valence-corrected chi connectivity index (χ4v) is 8.37. The summed E-state index contributed by atoms with van der Waals surface area (Å²) in [5, 5.41) is 5.96. The van der Waals surface area contributed by atoms with Crippen LogP contribution in [-0.4, -0.2) is 90.0 Å². The highest BCUT2D eigenvalue weighted by atomic mass is 19.3. The monoisotopic (exact) mass is 836 g/mol. The molecule has 8 rings (SSSR count). The third-order valence-corrected chi connectivity index (χ3v) is 12.3. The summed E-state index contributed by atoms with van der Waals surface area (Å²) in [6.45, 7) is 11.2. The average Bonchev–Trinajstić information content (AvgIpc) is 3.83. The molecule has 13 nitrogen and oxygen atoms in total. The van der Waals surface area contributed by atoms with Crippen LogP contribution >= 0.6 is 0 Å². The van der Waals surface area contributed by atoms with Gasteiger partial charge in [-0.15, -0.1) is 15.4 Å². The Bertz CT molecular complexity index is 2340. The van der Waals surface area contributed by atoms with E-state index < -0.39 is 11.7 Å². The molecule has 0 bridgehead atoms. The number of carbonyl (C=O) groups is 4. The third-order valence-electron chi connectivity index (χ3n) is 12.3. The molecule has 320 valence electrons. The highest BCUT2D eigenvalue weighted by Gasteiger charge is 2.53. The number of alkyl halides is 2. The number of pyridine rings is 1. The lowest BCUT2D eigenvalue weighted by molar-refractivity contribution is -0.286. The lowest BCUT2D eigenvalue weighted by Crippen LogP contribution is -2.52. The molecule has 61 heavy (non-hydrogen) atoms. The number of nitrogens with zero attached hydrogens (tertiary/aromatic N) is 4. The summed E-state index contributed by atoms with van der Waals surface area (Å²) in [7, 11) is 0. The number of likely N-dealkylation sites (tertiary alicyclic amines) is 1. The molecule has 5 heterocycles. The van der Waals surface area contributed by atoms with Crippen molar-refractivity contribution in [3.8, 4) is 22.8 Å². The van der Waals surface area contributed by atoms with Crippen molar-refractivity contribution >= 4 is 35.3 Å². The molecule has 4 aliphatic rings. The number of hydrogen-bond donors (Lipinski definition) is 2. The maximum Gasteiger partial charge on any atom is 0.586 e. The van der Waals surface area contributed by atoms with Crippen molar-refractivity contribution in [3.63, 3.8) is 0 Å². The number of aryl methyl sites for hydroxylation is 2. The van der Waals surface area contributed by atoms with Crippen LogP contribution in [0.15, 0.2) is 83.8 Å². The molecule has 0 spiro atoms. The Morgan fingerprint density at radius 2 is 1.77 bits per heavy atom. The van der Waals surface area contributed by atoms with Crippen LogP contribution in [0.5, 0.6) is 11.5 Å². The molecule has 0 radical (unpaired) electrons. The van der Waals surface area contributed by atoms with Crippen molar-refractivity contribution in [1.29, 1.82) is 0 Å². The second-order valence-electron chi connectivity index (χ2n) is 16.4. The minimum atomic E-state index is -3.74. The maximum absolute atomic E-state index is 13.6. The molecule has 4 aromatic rings. The van der Waals surface area contributed by atoms with Gasteiger partial charge in [0.05, 0.1) is 17.7 Å². The van der Waals surface area contributed by atoms with Crippen molar-refractivity contribution in [2.24, 2.45) is 5.92 Å². The number of benzene rings is 2. The first kappa shape index (κ1) is 41.6. The Morgan fingerprint density at radius 1 is 0.984 bits per heavy atom. The van der Waals surface area contributed by atoms with E-state index in [4.69, 9.17) is 9.40 Å². The van der Waals surface area contributed by atoms with Gasteiger partial charge in [0.1, 0.15) is 11.6 Å². The molecular formula is C46H50F2N6O7. The predicted octanol–water partition coefficient (Wildman–Crippen LogP) is 6.86. The van der Waals surface area contributed by atoms with Crippen LogP contribution in [0, 0.1) is 12.8 Å². The van der Waals surface area contributed by atoms with Crippen molar-refractivity contribution in [3.05, 3.63) is 102 Å². The van der Waals surface area contributed by atoms with E-state index >= 15 is 0 Å². The lowest BCUT2D eigenvalue weighted by atomic mass is 9.93. The number of halogens is 2. The zero-order valence-corrected chi connectivity index (χ0v) is 34.4. The number of ether oxygens (including phenoxy) is 2. The van der Waals surface area contributed by atoms with E-state index in [0.717, 1.165) is 31.4 Å². The van der Waals surface area contributed by atoms with Gasteiger partial charge in [-0.2, -0.15) is 0 Å². The number of amides is 4. The standard InChI is InChI=1S/C46H50F2N6O7/c1-4-30(3)53-24-25-54(40(56)28-53)41-15-11-35(59-41)10-14-39(55)52-22-17-31(18-23-52)16-21-49-43(57)33-7-5-6-32(26-33)42-29(2)8-13-38(50-42)51-44(58)45(19-20-45)34-9-12-36-37(27-34)61-46(47,48)60-36/h4-9,11-13,15,26-27,30-31H,1,10,14,16-25,28H2,2-3H3,(H,49,57)(H,50,51,58). The molecule has 2 saturated heterocycles. The Balaban J connectivity index is 0.781. The van der Waals surface area contributed by atoms with Gasteiger partial charge in [-0.3, -0.25) is 29.0 Å². The number of carbonyl (C=O) groups excluding carboxylic acids is 4. The molecule has 3 aliphatic heterocycles. The smallest absolute Gasteiger partial charge is 0.445 e. The molecule has 1 unspecified atom stereocenters. The fraction of sp³-hybridized carbons (Fsp3) is 0.413. The number of hydrogen-bond acceptors (Lipinski definition) is 9. The van der Waals surface area contributed by atoms with Crippen LogP contribution in [-0.2, 0) is 26.2 Å². The number of rotatable bonds is 14. The SMILES string of the molecule is C=CC(C)N1CCN(c2ccc(CCC(=O)N3CCC(CCNC(=O)c4cccc(-c5nc(NC(=O)C6(c7ccc8c(c7)OC(F)(F)O8)CC6)ccc5C)c4)CC3)o2)C(=O)C1. The quantitative estimate of drug-likeness (QED) is 0.130. The number of aromatic nitrogens is 1. The first-order valence-corrected chi connectivity index (χ1v) is 20.9. The predicted molar refractivity (Wildman–Crippen MR) is 223 cm³/mol. The molecule has 1 saturated carbocycles. The van der Waals surface area contributed by atoms with Gasteiger partial charge in [0.25, 0.3) is 5.91 Å². The summed E-state index contributed by atoms with van der Waals surface area (Å²) in [5.74, 6) is 1.28. The summed E-state index contributed by atoms with van der Waals surface area (Å²) in [5.41, 5.74) is 2.32. The van der Waals surface area contributed by atoms with Gasteiger partial charge in [0.15, 0.2) is 11.5 Å². The van der Waals surface area contributed by atoms with Gasteiger partial charge in [-0.25, -0.2) is 4.98 Å². The van der Waals surface area contributed by atoms with Crippen LogP contribution in [0.3, 0.4) is 0 Å². The maximum atomic E-state index is 13.6. The minimum absolute atomic E-state index is 0.0180. The fourth-order valence-electron chi connectivity index (χ4n) is 8.37. The lowest BCUT2D eigenvalue weighted by Gasteiger charge is -2.35. The second kappa shape index (κ2) is 17.1. The van der Waals surface area contributed by atoms with Crippen molar-refractivity contribution in [2.45, 2.75) is 76.5 Å². The van der Waals surface area contributed by atoms with Gasteiger partial charge in [0.2, 0.25) is 23.6 Å². The largest absolute Gasteiger partial charge is 0.586 e. The topological polar surface area (TPSA) is 147 Å². The van der Waals surface area contributed by atoms with Crippen LogP contribution in [0.4, 0.5) is 20.5 Å². The molecule has 15 heteroatoms. The molecule has 1 aliphatic carbocycles. The van der Waals surface area contributed by atoms with Gasteiger partial charge < -0.3 is 29.4 Å². The number of anilines is 2. The molecule has 3 fully saturated rings. The number of furan rings is 1. The highest BCUT2D eigenvalue weighted by Crippen LogP contribution is 2.52. The average molecular weight is 837 g/mol. The molecule has 1 atom stereocenters. The normalized spacial score (nSPS) is 18.7. The van der Waals surface area contributed by atoms with E-state index in [1.165, 1.54) is 12.1 Å². The van der Waals surface area contributed by atoms with Crippen LogP contribution in [0.1, 0.15) is 72.7 Å². The van der Waals surface area contributed by atoms with Crippen molar-refractivity contribution in [1.82, 2.24) is 20.1 Å². The zero-order valence-electron chi connectivity index (χ0n) is 34.4. The summed E-state index contributed by atoms with van der Waals surface area (Å²) in [6, 6.07) is 18.9. The number of nitrogens with one attached hydrogen (secondary N) is 2. The first-order chi connectivity index (χ1) is 29.3. The van der Waals surface area contributed by atoms with Crippen LogP contribution in [0.25, 0.3) is 11.3 Å².